The molecule has 146 valence electrons. The summed E-state index contributed by atoms with van der Waals surface area (Å²) in [6.45, 7) is 3.05. The standard InChI is InChI=1S/C21H23N3O3S/c1-17-14-18(23-28(25,26)21-6-4-3-5-7-21)16-20(15-17)27-13-12-24(2)19-8-10-22-11-9-19/h3-11,14-16,23H,12-13H2,1-2H3. The first-order valence-electron chi connectivity index (χ1n) is 8.87. The van der Waals surface area contributed by atoms with Gasteiger partial charge in [-0.05, 0) is 48.9 Å². The van der Waals surface area contributed by atoms with E-state index >= 15 is 0 Å². The van der Waals surface area contributed by atoms with Gasteiger partial charge in [-0.3, -0.25) is 9.71 Å². The molecule has 0 radical (unpaired) electrons. The maximum Gasteiger partial charge on any atom is 0.261 e. The fourth-order valence-electron chi connectivity index (χ4n) is 2.73. The first-order valence-corrected chi connectivity index (χ1v) is 10.4. The number of likely N-dealkylation sites (N-methyl/N-ethyl adjacent to an activating group) is 1. The zero-order chi connectivity index (χ0) is 20.0. The average Bonchev–Trinajstić information content (AvgIpc) is 2.68. The van der Waals surface area contributed by atoms with Crippen LogP contribution in [0.15, 0.2) is 78.0 Å². The Morgan fingerprint density at radius 3 is 2.46 bits per heavy atom. The SMILES string of the molecule is Cc1cc(NS(=O)(=O)c2ccccc2)cc(OCCN(C)c2ccncc2)c1. The summed E-state index contributed by atoms with van der Waals surface area (Å²) in [6, 6.07) is 17.5. The van der Waals surface area contributed by atoms with Crippen molar-refractivity contribution in [3.63, 3.8) is 0 Å². The van der Waals surface area contributed by atoms with Crippen molar-refractivity contribution in [3.8, 4) is 5.75 Å². The highest BCUT2D eigenvalue weighted by Crippen LogP contribution is 2.23. The van der Waals surface area contributed by atoms with E-state index in [1.807, 2.05) is 32.2 Å². The molecular weight excluding hydrogens is 374 g/mol. The Labute approximate surface area is 165 Å². The largest absolute Gasteiger partial charge is 0.492 e. The van der Waals surface area contributed by atoms with E-state index in [0.29, 0.717) is 24.6 Å². The minimum atomic E-state index is -3.64. The molecule has 0 saturated heterocycles. The van der Waals surface area contributed by atoms with E-state index in [1.165, 1.54) is 0 Å². The van der Waals surface area contributed by atoms with E-state index in [-0.39, 0.29) is 4.90 Å². The van der Waals surface area contributed by atoms with Gasteiger partial charge in [0.25, 0.3) is 10.0 Å². The first kappa shape index (κ1) is 19.7. The highest BCUT2D eigenvalue weighted by molar-refractivity contribution is 7.92. The number of nitrogens with one attached hydrogen (secondary N) is 1. The van der Waals surface area contributed by atoms with E-state index < -0.39 is 10.0 Å². The Hall–Kier alpha value is -3.06. The van der Waals surface area contributed by atoms with E-state index in [4.69, 9.17) is 4.74 Å². The molecule has 0 bridgehead atoms. The van der Waals surface area contributed by atoms with Crippen molar-refractivity contribution in [3.05, 3.63) is 78.6 Å². The van der Waals surface area contributed by atoms with Crippen LogP contribution in [0.3, 0.4) is 0 Å². The number of hydrogen-bond acceptors (Lipinski definition) is 5. The van der Waals surface area contributed by atoms with Crippen LogP contribution >= 0.6 is 0 Å². The fraction of sp³-hybridized carbons (Fsp3) is 0.190. The van der Waals surface area contributed by atoms with Gasteiger partial charge >= 0.3 is 0 Å². The van der Waals surface area contributed by atoms with E-state index in [9.17, 15) is 8.42 Å². The minimum absolute atomic E-state index is 0.220. The molecule has 0 aliphatic carbocycles. The van der Waals surface area contributed by atoms with Crippen LogP contribution in [-0.4, -0.2) is 33.6 Å². The number of benzene rings is 2. The number of rotatable bonds is 8. The topological polar surface area (TPSA) is 71.5 Å². The number of aromatic nitrogens is 1. The highest BCUT2D eigenvalue weighted by Gasteiger charge is 2.14. The molecule has 0 atom stereocenters. The van der Waals surface area contributed by atoms with Crippen LogP contribution in [-0.2, 0) is 10.0 Å². The second-order valence-corrected chi connectivity index (χ2v) is 8.11. The molecule has 0 fully saturated rings. The second-order valence-electron chi connectivity index (χ2n) is 6.43. The zero-order valence-electron chi connectivity index (χ0n) is 15.9. The molecule has 6 nitrogen and oxygen atoms in total. The van der Waals surface area contributed by atoms with Crippen molar-refractivity contribution in [1.29, 1.82) is 0 Å². The molecule has 7 heteroatoms. The molecule has 0 aliphatic rings. The quantitative estimate of drug-likeness (QED) is 0.627. The monoisotopic (exact) mass is 397 g/mol. The van der Waals surface area contributed by atoms with Crippen LogP contribution in [0, 0.1) is 6.92 Å². The number of hydrogen-bond donors (Lipinski definition) is 1. The molecule has 0 unspecified atom stereocenters. The first-order chi connectivity index (χ1) is 13.4. The number of sulfonamides is 1. The predicted octanol–water partition coefficient (Wildman–Crippen LogP) is 3.71. The van der Waals surface area contributed by atoms with Crippen LogP contribution in [0.2, 0.25) is 0 Å². The third-order valence-electron chi connectivity index (χ3n) is 4.16. The molecule has 0 saturated carbocycles. The van der Waals surface area contributed by atoms with E-state index in [2.05, 4.69) is 14.6 Å². The minimum Gasteiger partial charge on any atom is -0.492 e. The molecule has 0 amide bonds. The molecule has 28 heavy (non-hydrogen) atoms. The number of pyridine rings is 1. The highest BCUT2D eigenvalue weighted by atomic mass is 32.2. The molecule has 1 N–H and O–H groups in total. The molecule has 3 rings (SSSR count). The number of ether oxygens (including phenoxy) is 1. The number of aryl methyl sites for hydroxylation is 1. The van der Waals surface area contributed by atoms with Crippen molar-refractivity contribution < 1.29 is 13.2 Å². The van der Waals surface area contributed by atoms with E-state index in [0.717, 1.165) is 11.3 Å². The van der Waals surface area contributed by atoms with Gasteiger partial charge in [-0.25, -0.2) is 8.42 Å². The van der Waals surface area contributed by atoms with Crippen molar-refractivity contribution in [1.82, 2.24) is 4.98 Å². The normalized spacial score (nSPS) is 11.1. The summed E-state index contributed by atoms with van der Waals surface area (Å²) in [5.41, 5.74) is 2.44. The van der Waals surface area contributed by atoms with Crippen molar-refractivity contribution >= 4 is 21.4 Å². The molecule has 1 heterocycles. The summed E-state index contributed by atoms with van der Waals surface area (Å²) < 4.78 is 33.5. The molecule has 3 aromatic rings. The van der Waals surface area contributed by atoms with Crippen molar-refractivity contribution in [2.45, 2.75) is 11.8 Å². The summed E-state index contributed by atoms with van der Waals surface area (Å²) >= 11 is 0. The summed E-state index contributed by atoms with van der Waals surface area (Å²) in [7, 11) is -1.66. The van der Waals surface area contributed by atoms with Crippen LogP contribution in [0.1, 0.15) is 5.56 Å². The number of anilines is 2. The summed E-state index contributed by atoms with van der Waals surface area (Å²) in [5, 5.41) is 0. The molecule has 0 spiro atoms. The lowest BCUT2D eigenvalue weighted by Crippen LogP contribution is -2.23. The molecular formula is C21H23N3O3S. The second kappa shape index (κ2) is 8.75. The van der Waals surface area contributed by atoms with Gasteiger partial charge in [0.15, 0.2) is 0 Å². The van der Waals surface area contributed by atoms with Gasteiger partial charge in [-0.2, -0.15) is 0 Å². The maximum atomic E-state index is 12.5. The van der Waals surface area contributed by atoms with Gasteiger partial charge in [-0.15, -0.1) is 0 Å². The van der Waals surface area contributed by atoms with Gasteiger partial charge in [0, 0.05) is 31.2 Å². The smallest absolute Gasteiger partial charge is 0.261 e. The van der Waals surface area contributed by atoms with Gasteiger partial charge < -0.3 is 9.64 Å². The van der Waals surface area contributed by atoms with Gasteiger partial charge in [0.2, 0.25) is 0 Å². The van der Waals surface area contributed by atoms with Crippen molar-refractivity contribution in [2.75, 3.05) is 29.8 Å². The Bertz CT molecular complexity index is 1010. The third kappa shape index (κ3) is 5.23. The summed E-state index contributed by atoms with van der Waals surface area (Å²) in [5.74, 6) is 0.619. The lowest BCUT2D eigenvalue weighted by molar-refractivity contribution is 0.326. The van der Waals surface area contributed by atoms with Crippen molar-refractivity contribution in [2.24, 2.45) is 0 Å². The summed E-state index contributed by atoms with van der Waals surface area (Å²) in [4.78, 5) is 6.30. The Morgan fingerprint density at radius 1 is 1.04 bits per heavy atom. The Morgan fingerprint density at radius 2 is 1.75 bits per heavy atom. The van der Waals surface area contributed by atoms with Gasteiger partial charge in [0.1, 0.15) is 12.4 Å². The van der Waals surface area contributed by atoms with Gasteiger partial charge in [0.05, 0.1) is 17.1 Å². The van der Waals surface area contributed by atoms with Crippen LogP contribution in [0.5, 0.6) is 5.75 Å². The van der Waals surface area contributed by atoms with Crippen LogP contribution in [0.4, 0.5) is 11.4 Å². The van der Waals surface area contributed by atoms with E-state index in [1.54, 1.807) is 54.9 Å². The Kier molecular flexibility index (Phi) is 6.16. The van der Waals surface area contributed by atoms with Gasteiger partial charge in [-0.1, -0.05) is 18.2 Å². The lowest BCUT2D eigenvalue weighted by Gasteiger charge is -2.19. The third-order valence-corrected chi connectivity index (χ3v) is 5.55. The zero-order valence-corrected chi connectivity index (χ0v) is 16.7. The Balaban J connectivity index is 1.65. The molecule has 1 aromatic heterocycles. The number of nitrogens with zero attached hydrogens (tertiary/aromatic N) is 2. The molecule has 0 aliphatic heterocycles. The fourth-order valence-corrected chi connectivity index (χ4v) is 3.79. The average molecular weight is 398 g/mol. The summed E-state index contributed by atoms with van der Waals surface area (Å²) in [6.07, 6.45) is 3.50. The van der Waals surface area contributed by atoms with Crippen LogP contribution < -0.4 is 14.4 Å². The predicted molar refractivity (Wildman–Crippen MR) is 111 cm³/mol. The van der Waals surface area contributed by atoms with Crippen LogP contribution in [0.25, 0.3) is 0 Å². The lowest BCUT2D eigenvalue weighted by atomic mass is 10.2. The maximum absolute atomic E-state index is 12.5. The molecule has 2 aromatic carbocycles.